The van der Waals surface area contributed by atoms with Gasteiger partial charge in [-0.3, -0.25) is 9.59 Å². The van der Waals surface area contributed by atoms with Gasteiger partial charge in [0, 0.05) is 11.1 Å². The van der Waals surface area contributed by atoms with E-state index in [1.807, 2.05) is 13.8 Å². The molecule has 0 aliphatic heterocycles. The molecule has 1 atom stereocenters. The van der Waals surface area contributed by atoms with Gasteiger partial charge >= 0.3 is 0 Å². The van der Waals surface area contributed by atoms with Crippen LogP contribution in [0.4, 0.5) is 4.39 Å². The molecule has 0 saturated heterocycles. The zero-order valence-electron chi connectivity index (χ0n) is 14.0. The zero-order valence-corrected chi connectivity index (χ0v) is 14.0. The van der Waals surface area contributed by atoms with E-state index in [0.29, 0.717) is 18.3 Å². The molecule has 0 aliphatic carbocycles. The summed E-state index contributed by atoms with van der Waals surface area (Å²) < 4.78 is 18.4. The van der Waals surface area contributed by atoms with Gasteiger partial charge in [0.25, 0.3) is 5.91 Å². The van der Waals surface area contributed by atoms with Gasteiger partial charge in [0.2, 0.25) is 5.78 Å². The summed E-state index contributed by atoms with van der Waals surface area (Å²) >= 11 is 0. The Morgan fingerprint density at radius 1 is 1.04 bits per heavy atom. The molecule has 0 fully saturated rings. The molecule has 2 aromatic rings. The molecule has 0 aromatic heterocycles. The first kappa shape index (κ1) is 18.6. The number of hydrogen-bond donors (Lipinski definition) is 2. The van der Waals surface area contributed by atoms with Gasteiger partial charge in [-0.15, -0.1) is 0 Å². The number of carbonyl (C=O) groups is 2. The number of benzene rings is 2. The van der Waals surface area contributed by atoms with Gasteiger partial charge in [-0.1, -0.05) is 13.8 Å². The Morgan fingerprint density at radius 2 is 1.60 bits per heavy atom. The highest BCUT2D eigenvalue weighted by Gasteiger charge is 2.20. The quantitative estimate of drug-likeness (QED) is 0.598. The number of halogens is 1. The van der Waals surface area contributed by atoms with Gasteiger partial charge in [0.05, 0.1) is 6.61 Å². The van der Waals surface area contributed by atoms with Crippen molar-refractivity contribution in [2.24, 2.45) is 5.92 Å². The molecule has 132 valence electrons. The molecule has 2 rings (SSSR count). The monoisotopic (exact) mass is 345 g/mol. The summed E-state index contributed by atoms with van der Waals surface area (Å²) in [6, 6.07) is 11.1. The van der Waals surface area contributed by atoms with Crippen LogP contribution in [0.25, 0.3) is 0 Å². The van der Waals surface area contributed by atoms with E-state index >= 15 is 0 Å². The van der Waals surface area contributed by atoms with Gasteiger partial charge in [0.1, 0.15) is 11.6 Å². The summed E-state index contributed by atoms with van der Waals surface area (Å²) in [5.41, 5.74) is 0.384. The maximum absolute atomic E-state index is 12.9. The number of carbonyl (C=O) groups excluding carboxylic acids is 2. The predicted octanol–water partition coefficient (Wildman–Crippen LogP) is 2.79. The summed E-state index contributed by atoms with van der Waals surface area (Å²) in [6.45, 7) is 4.62. The molecule has 6 heteroatoms. The highest BCUT2D eigenvalue weighted by molar-refractivity contribution is 6.03. The minimum Gasteiger partial charge on any atom is -0.493 e. The Balaban J connectivity index is 1.96. The summed E-state index contributed by atoms with van der Waals surface area (Å²) in [4.78, 5) is 24.1. The van der Waals surface area contributed by atoms with E-state index in [1.165, 1.54) is 12.1 Å². The first-order valence-electron chi connectivity index (χ1n) is 7.88. The van der Waals surface area contributed by atoms with Crippen LogP contribution < -0.4 is 10.1 Å². The van der Waals surface area contributed by atoms with E-state index in [-0.39, 0.29) is 11.1 Å². The van der Waals surface area contributed by atoms with E-state index < -0.39 is 23.7 Å². The van der Waals surface area contributed by atoms with Crippen LogP contribution in [0, 0.1) is 11.7 Å². The molecule has 0 radical (unpaired) electrons. The lowest BCUT2D eigenvalue weighted by molar-refractivity contribution is 0.0607. The molecule has 0 saturated carbocycles. The topological polar surface area (TPSA) is 75.6 Å². The fourth-order valence-corrected chi connectivity index (χ4v) is 2.01. The van der Waals surface area contributed by atoms with Gasteiger partial charge in [-0.2, -0.15) is 0 Å². The number of ether oxygens (including phenoxy) is 1. The lowest BCUT2D eigenvalue weighted by atomic mass is 10.1. The number of rotatable bonds is 7. The Labute approximate surface area is 145 Å². The summed E-state index contributed by atoms with van der Waals surface area (Å²) in [5.74, 6) is -0.790. The molecule has 0 aliphatic rings. The molecule has 2 aromatic carbocycles. The minimum atomic E-state index is -1.71. The summed E-state index contributed by atoms with van der Waals surface area (Å²) in [7, 11) is 0. The molecule has 25 heavy (non-hydrogen) atoms. The van der Waals surface area contributed by atoms with Crippen LogP contribution in [0.15, 0.2) is 48.5 Å². The van der Waals surface area contributed by atoms with E-state index in [2.05, 4.69) is 5.32 Å². The van der Waals surface area contributed by atoms with Crippen LogP contribution >= 0.6 is 0 Å². The zero-order chi connectivity index (χ0) is 18.4. The van der Waals surface area contributed by atoms with Gasteiger partial charge < -0.3 is 15.2 Å². The first-order valence-corrected chi connectivity index (χ1v) is 7.88. The Hall–Kier alpha value is -2.73. The van der Waals surface area contributed by atoms with Crippen molar-refractivity contribution in [3.8, 4) is 5.75 Å². The van der Waals surface area contributed by atoms with Gasteiger partial charge in [0.15, 0.2) is 6.23 Å². The maximum atomic E-state index is 12.9. The van der Waals surface area contributed by atoms with E-state index in [0.717, 1.165) is 12.1 Å². The third kappa shape index (κ3) is 5.39. The van der Waals surface area contributed by atoms with Crippen molar-refractivity contribution < 1.29 is 23.8 Å². The fourth-order valence-electron chi connectivity index (χ4n) is 2.01. The average Bonchev–Trinajstić information content (AvgIpc) is 2.60. The van der Waals surface area contributed by atoms with Crippen molar-refractivity contribution in [3.63, 3.8) is 0 Å². The largest absolute Gasteiger partial charge is 0.493 e. The van der Waals surface area contributed by atoms with Crippen LogP contribution in [0.2, 0.25) is 0 Å². The van der Waals surface area contributed by atoms with Gasteiger partial charge in [-0.25, -0.2) is 4.39 Å². The number of amides is 1. The molecular weight excluding hydrogens is 325 g/mol. The number of nitrogens with one attached hydrogen (secondary N) is 1. The number of ketones is 1. The molecule has 0 heterocycles. The summed E-state index contributed by atoms with van der Waals surface area (Å²) in [5, 5.41) is 12.1. The fraction of sp³-hybridized carbons (Fsp3) is 0.263. The van der Waals surface area contributed by atoms with Crippen molar-refractivity contribution in [1.29, 1.82) is 0 Å². The smallest absolute Gasteiger partial charge is 0.253 e. The minimum absolute atomic E-state index is 0.103. The maximum Gasteiger partial charge on any atom is 0.253 e. The number of hydrogen-bond acceptors (Lipinski definition) is 4. The van der Waals surface area contributed by atoms with Crippen LogP contribution in [0.5, 0.6) is 5.75 Å². The number of aliphatic hydroxyl groups is 1. The van der Waals surface area contributed by atoms with Crippen LogP contribution in [0.1, 0.15) is 34.6 Å². The van der Waals surface area contributed by atoms with Crippen molar-refractivity contribution >= 4 is 11.7 Å². The highest BCUT2D eigenvalue weighted by Crippen LogP contribution is 2.13. The second kappa shape index (κ2) is 8.39. The third-order valence-electron chi connectivity index (χ3n) is 3.34. The van der Waals surface area contributed by atoms with Crippen molar-refractivity contribution in [1.82, 2.24) is 5.32 Å². The van der Waals surface area contributed by atoms with Gasteiger partial charge in [-0.05, 0) is 54.4 Å². The molecule has 0 spiro atoms. The standard InChI is InChI=1S/C19H20FNO4/c1-12(2)11-25-16-9-5-14(6-10-16)18(23)21-19(24)17(22)13-3-7-15(20)8-4-13/h3-10,12,19,24H,11H2,1-2H3,(H,21,23). The van der Waals surface area contributed by atoms with E-state index in [4.69, 9.17) is 4.74 Å². The highest BCUT2D eigenvalue weighted by atomic mass is 19.1. The Bertz CT molecular complexity index is 726. The lowest BCUT2D eigenvalue weighted by Crippen LogP contribution is -2.40. The van der Waals surface area contributed by atoms with E-state index in [9.17, 15) is 19.1 Å². The molecule has 2 N–H and O–H groups in total. The second-order valence-corrected chi connectivity index (χ2v) is 5.98. The van der Waals surface area contributed by atoms with Crippen molar-refractivity contribution in [2.75, 3.05) is 6.61 Å². The number of Topliss-reactive ketones (excluding diaryl/α,β-unsaturated/α-hetero) is 1. The Morgan fingerprint density at radius 3 is 2.16 bits per heavy atom. The normalized spacial score (nSPS) is 11.9. The van der Waals surface area contributed by atoms with Crippen LogP contribution in [-0.4, -0.2) is 29.6 Å². The molecule has 0 bridgehead atoms. The SMILES string of the molecule is CC(C)COc1ccc(C(=O)NC(O)C(=O)c2ccc(F)cc2)cc1. The predicted molar refractivity (Wildman–Crippen MR) is 91.0 cm³/mol. The molecule has 1 amide bonds. The Kier molecular flexibility index (Phi) is 6.25. The van der Waals surface area contributed by atoms with Crippen LogP contribution in [0.3, 0.4) is 0 Å². The second-order valence-electron chi connectivity index (χ2n) is 5.98. The molecular formula is C19H20FNO4. The number of aliphatic hydroxyl groups excluding tert-OH is 1. The van der Waals surface area contributed by atoms with Crippen molar-refractivity contribution in [3.05, 3.63) is 65.5 Å². The van der Waals surface area contributed by atoms with Crippen LogP contribution in [-0.2, 0) is 0 Å². The van der Waals surface area contributed by atoms with E-state index in [1.54, 1.807) is 24.3 Å². The summed E-state index contributed by atoms with van der Waals surface area (Å²) in [6.07, 6.45) is -1.71. The first-order chi connectivity index (χ1) is 11.9. The third-order valence-corrected chi connectivity index (χ3v) is 3.34. The molecule has 1 unspecified atom stereocenters. The molecule has 5 nitrogen and oxygen atoms in total. The van der Waals surface area contributed by atoms with Crippen molar-refractivity contribution in [2.45, 2.75) is 20.1 Å². The lowest BCUT2D eigenvalue weighted by Gasteiger charge is -2.13. The average molecular weight is 345 g/mol.